The quantitative estimate of drug-likeness (QED) is 0.496. The van der Waals surface area contributed by atoms with Gasteiger partial charge in [-0.2, -0.15) is 0 Å². The number of aryl methyl sites for hydroxylation is 1. The maximum Gasteiger partial charge on any atom is 0.270 e. The molecule has 10 heteroatoms. The van der Waals surface area contributed by atoms with E-state index >= 15 is 0 Å². The first kappa shape index (κ1) is 20.2. The Kier molecular flexibility index (Phi) is 5.69. The fourth-order valence-corrected chi connectivity index (χ4v) is 3.37. The molecule has 1 saturated heterocycles. The number of hydrogen-bond donors (Lipinski definition) is 1. The number of carbonyl (C=O) groups is 1. The van der Waals surface area contributed by atoms with E-state index in [0.717, 1.165) is 11.4 Å². The molecule has 1 fully saturated rings. The summed E-state index contributed by atoms with van der Waals surface area (Å²) in [5.41, 5.74) is 1.33. The normalized spacial score (nSPS) is 13.7. The number of piperazine rings is 1. The number of nitro benzene ring substituents is 1. The molecule has 0 aliphatic carbocycles. The molecule has 3 heterocycles. The molecule has 0 saturated carbocycles. The number of benzene rings is 1. The predicted molar refractivity (Wildman–Crippen MR) is 116 cm³/mol. The van der Waals surface area contributed by atoms with Gasteiger partial charge in [0.2, 0.25) is 0 Å². The largest absolute Gasteiger partial charge is 0.352 e. The van der Waals surface area contributed by atoms with Crippen molar-refractivity contribution in [1.82, 2.24) is 20.1 Å². The van der Waals surface area contributed by atoms with Crippen molar-refractivity contribution >= 4 is 29.0 Å². The van der Waals surface area contributed by atoms with Gasteiger partial charge in [0.05, 0.1) is 4.92 Å². The fraction of sp³-hybridized carbons (Fsp3) is 0.238. The summed E-state index contributed by atoms with van der Waals surface area (Å²) in [7, 11) is 0. The number of non-ortho nitro benzene ring substituents is 1. The van der Waals surface area contributed by atoms with Gasteiger partial charge in [-0.25, -0.2) is 4.98 Å². The summed E-state index contributed by atoms with van der Waals surface area (Å²) in [5.74, 6) is 1.82. The molecule has 0 unspecified atom stereocenters. The van der Waals surface area contributed by atoms with Crippen LogP contribution in [-0.4, -0.2) is 57.1 Å². The Morgan fingerprint density at radius 3 is 2.52 bits per heavy atom. The van der Waals surface area contributed by atoms with Crippen LogP contribution in [0.3, 0.4) is 0 Å². The van der Waals surface area contributed by atoms with E-state index in [9.17, 15) is 14.9 Å². The van der Waals surface area contributed by atoms with Crippen LogP contribution in [0.15, 0.2) is 54.7 Å². The molecule has 158 valence electrons. The van der Waals surface area contributed by atoms with Crippen LogP contribution in [0.25, 0.3) is 0 Å². The third-order valence-corrected chi connectivity index (χ3v) is 5.02. The van der Waals surface area contributed by atoms with Crippen LogP contribution >= 0.6 is 0 Å². The lowest BCUT2D eigenvalue weighted by Gasteiger charge is -2.35. The molecule has 0 bridgehead atoms. The first-order chi connectivity index (χ1) is 15.0. The minimum atomic E-state index is -0.499. The molecule has 1 aliphatic rings. The molecular weight excluding hydrogens is 398 g/mol. The van der Waals surface area contributed by atoms with Gasteiger partial charge in [-0.15, -0.1) is 10.2 Å². The highest BCUT2D eigenvalue weighted by Gasteiger charge is 2.24. The number of rotatable bonds is 5. The van der Waals surface area contributed by atoms with Gasteiger partial charge in [-0.05, 0) is 42.8 Å². The minimum Gasteiger partial charge on any atom is -0.352 e. The van der Waals surface area contributed by atoms with Crippen LogP contribution in [0, 0.1) is 17.0 Å². The van der Waals surface area contributed by atoms with E-state index in [0.29, 0.717) is 43.4 Å². The van der Waals surface area contributed by atoms with Crippen molar-refractivity contribution in [3.05, 3.63) is 76.0 Å². The second kappa shape index (κ2) is 8.74. The van der Waals surface area contributed by atoms with Crippen molar-refractivity contribution in [2.45, 2.75) is 6.92 Å². The molecule has 1 N–H and O–H groups in total. The van der Waals surface area contributed by atoms with Crippen LogP contribution in [0.5, 0.6) is 0 Å². The number of carbonyl (C=O) groups excluding carboxylic acids is 1. The Bertz CT molecular complexity index is 1100. The molecule has 1 aliphatic heterocycles. The average molecular weight is 419 g/mol. The van der Waals surface area contributed by atoms with E-state index in [1.807, 2.05) is 31.2 Å². The number of nitro groups is 1. The topological polar surface area (TPSA) is 117 Å². The van der Waals surface area contributed by atoms with E-state index in [1.54, 1.807) is 17.2 Å². The summed E-state index contributed by atoms with van der Waals surface area (Å²) in [6.45, 7) is 4.18. The lowest BCUT2D eigenvalue weighted by molar-refractivity contribution is -0.384. The van der Waals surface area contributed by atoms with Crippen molar-refractivity contribution in [3.8, 4) is 0 Å². The Balaban J connectivity index is 1.36. The predicted octanol–water partition coefficient (Wildman–Crippen LogP) is 2.79. The number of anilines is 3. The third-order valence-electron chi connectivity index (χ3n) is 5.02. The zero-order chi connectivity index (χ0) is 21.8. The number of hydrogen-bond acceptors (Lipinski definition) is 8. The van der Waals surface area contributed by atoms with Crippen LogP contribution < -0.4 is 10.2 Å². The third kappa shape index (κ3) is 4.74. The summed E-state index contributed by atoms with van der Waals surface area (Å²) in [5, 5.41) is 22.6. The highest BCUT2D eigenvalue weighted by molar-refractivity contribution is 5.95. The molecule has 1 aromatic carbocycles. The minimum absolute atomic E-state index is 0.0886. The Labute approximate surface area is 178 Å². The lowest BCUT2D eigenvalue weighted by Crippen LogP contribution is -2.49. The zero-order valence-electron chi connectivity index (χ0n) is 16.9. The van der Waals surface area contributed by atoms with E-state index in [2.05, 4.69) is 25.4 Å². The van der Waals surface area contributed by atoms with Crippen LogP contribution in [0.4, 0.5) is 23.1 Å². The fourth-order valence-electron chi connectivity index (χ4n) is 3.37. The van der Waals surface area contributed by atoms with Crippen molar-refractivity contribution < 1.29 is 9.72 Å². The maximum atomic E-state index is 12.7. The van der Waals surface area contributed by atoms with E-state index in [1.165, 1.54) is 18.2 Å². The van der Waals surface area contributed by atoms with Crippen molar-refractivity contribution in [1.29, 1.82) is 0 Å². The summed E-state index contributed by atoms with van der Waals surface area (Å²) < 4.78 is 0. The van der Waals surface area contributed by atoms with Crippen molar-refractivity contribution in [2.75, 3.05) is 36.4 Å². The second-order valence-corrected chi connectivity index (χ2v) is 7.21. The number of nitrogens with zero attached hydrogens (tertiary/aromatic N) is 6. The Morgan fingerprint density at radius 2 is 1.84 bits per heavy atom. The van der Waals surface area contributed by atoms with E-state index < -0.39 is 4.92 Å². The van der Waals surface area contributed by atoms with Gasteiger partial charge in [0, 0.05) is 50.1 Å². The maximum absolute atomic E-state index is 12.7. The molecule has 0 atom stereocenters. The van der Waals surface area contributed by atoms with Crippen LogP contribution in [0.2, 0.25) is 0 Å². The molecule has 4 rings (SSSR count). The number of amides is 1. The van der Waals surface area contributed by atoms with Gasteiger partial charge >= 0.3 is 0 Å². The smallest absolute Gasteiger partial charge is 0.270 e. The average Bonchev–Trinajstić information content (AvgIpc) is 2.79. The number of aromatic nitrogens is 3. The monoisotopic (exact) mass is 419 g/mol. The highest BCUT2D eigenvalue weighted by atomic mass is 16.6. The summed E-state index contributed by atoms with van der Waals surface area (Å²) in [6.07, 6.45) is 1.73. The highest BCUT2D eigenvalue weighted by Crippen LogP contribution is 2.19. The zero-order valence-corrected chi connectivity index (χ0v) is 16.9. The van der Waals surface area contributed by atoms with Gasteiger partial charge in [0.15, 0.2) is 11.6 Å². The molecule has 10 nitrogen and oxygen atoms in total. The molecule has 3 aromatic rings. The number of pyridine rings is 1. The van der Waals surface area contributed by atoms with Gasteiger partial charge < -0.3 is 15.1 Å². The molecule has 1 amide bonds. The molecule has 0 radical (unpaired) electrons. The summed E-state index contributed by atoms with van der Waals surface area (Å²) >= 11 is 0. The van der Waals surface area contributed by atoms with Crippen LogP contribution in [-0.2, 0) is 0 Å². The first-order valence-electron chi connectivity index (χ1n) is 9.82. The molecule has 0 spiro atoms. The number of nitrogens with one attached hydrogen (secondary N) is 1. The van der Waals surface area contributed by atoms with Gasteiger partial charge in [-0.1, -0.05) is 6.07 Å². The van der Waals surface area contributed by atoms with E-state index in [-0.39, 0.29) is 11.6 Å². The Hall–Kier alpha value is -4.08. The van der Waals surface area contributed by atoms with Gasteiger partial charge in [0.25, 0.3) is 11.6 Å². The standard InChI is InChI=1S/C21H21N7O3/c1-15-7-8-22-19(13-15)23-18-5-6-20(25-24-18)26-9-11-27(12-10-26)21(29)16-3-2-4-17(14-16)28(30)31/h2-8,13-14H,9-12H2,1H3,(H,22,23,24). The van der Waals surface area contributed by atoms with Gasteiger partial charge in [0.1, 0.15) is 5.82 Å². The lowest BCUT2D eigenvalue weighted by atomic mass is 10.1. The summed E-state index contributed by atoms with van der Waals surface area (Å²) in [6, 6.07) is 13.4. The van der Waals surface area contributed by atoms with Crippen LogP contribution in [0.1, 0.15) is 15.9 Å². The van der Waals surface area contributed by atoms with Gasteiger partial charge in [-0.3, -0.25) is 14.9 Å². The Morgan fingerprint density at radius 1 is 1.03 bits per heavy atom. The second-order valence-electron chi connectivity index (χ2n) is 7.21. The van der Waals surface area contributed by atoms with E-state index in [4.69, 9.17) is 0 Å². The molecule has 2 aromatic heterocycles. The van der Waals surface area contributed by atoms with Crippen molar-refractivity contribution in [2.24, 2.45) is 0 Å². The molecule has 31 heavy (non-hydrogen) atoms. The first-order valence-corrected chi connectivity index (χ1v) is 9.82. The van der Waals surface area contributed by atoms with Crippen molar-refractivity contribution in [3.63, 3.8) is 0 Å². The SMILES string of the molecule is Cc1ccnc(Nc2ccc(N3CCN(C(=O)c4cccc([N+](=O)[O-])c4)CC3)nn2)c1. The molecular formula is C21H21N7O3. The summed E-state index contributed by atoms with van der Waals surface area (Å²) in [4.78, 5) is 31.1.